The Morgan fingerprint density at radius 1 is 0.929 bits per heavy atom. The number of aryl methyl sites for hydroxylation is 1. The number of nitrogens with zero attached hydrogens (tertiary/aromatic N) is 6. The summed E-state index contributed by atoms with van der Waals surface area (Å²) < 4.78 is 0. The number of aromatic nitrogens is 3. The van der Waals surface area contributed by atoms with E-state index in [-0.39, 0.29) is 5.91 Å². The number of anilines is 3. The number of hydrogen-bond donors (Lipinski definition) is 1. The van der Waals surface area contributed by atoms with Crippen molar-refractivity contribution in [2.45, 2.75) is 41.2 Å². The van der Waals surface area contributed by atoms with Gasteiger partial charge in [-0.25, -0.2) is 9.97 Å². The van der Waals surface area contributed by atoms with Crippen LogP contribution in [0.2, 0.25) is 0 Å². The van der Waals surface area contributed by atoms with E-state index >= 15 is 0 Å². The van der Waals surface area contributed by atoms with E-state index in [4.69, 9.17) is 4.98 Å². The number of likely N-dealkylation sites (N-methyl/N-ethyl adjacent to an activating group) is 1. The molecule has 42 heavy (non-hydrogen) atoms. The molecule has 0 spiro atoms. The van der Waals surface area contributed by atoms with Crippen LogP contribution in [0.25, 0.3) is 11.3 Å². The van der Waals surface area contributed by atoms with Crippen LogP contribution < -0.4 is 10.2 Å². The third-order valence-electron chi connectivity index (χ3n) is 6.95. The number of benzene rings is 2. The van der Waals surface area contributed by atoms with Crippen LogP contribution in [-0.4, -0.2) is 70.9 Å². The number of carbonyl (C=O) groups excluding carboxylic acids is 1. The van der Waals surface area contributed by atoms with Gasteiger partial charge in [0.2, 0.25) is 5.95 Å². The Hall–Kier alpha value is -4.14. The third kappa shape index (κ3) is 8.68. The fraction of sp³-hybridized carbons (Fsp3) is 0.353. The van der Waals surface area contributed by atoms with Gasteiger partial charge >= 0.3 is 0 Å². The van der Waals surface area contributed by atoms with Crippen molar-refractivity contribution >= 4 is 23.2 Å². The molecule has 2 aromatic carbocycles. The molecule has 2 aromatic heterocycles. The zero-order chi connectivity index (χ0) is 30.5. The largest absolute Gasteiger partial charge is 0.322 e. The van der Waals surface area contributed by atoms with E-state index in [0.717, 1.165) is 55.2 Å². The molecule has 1 N–H and O–H groups in total. The maximum Gasteiger partial charge on any atom is 0.255 e. The minimum atomic E-state index is -0.136. The normalized spacial score (nSPS) is 13.2. The topological polar surface area (TPSA) is 77.5 Å². The van der Waals surface area contributed by atoms with Gasteiger partial charge in [0.1, 0.15) is 0 Å². The number of hydrogen-bond acceptors (Lipinski definition) is 7. The van der Waals surface area contributed by atoms with Gasteiger partial charge in [-0.2, -0.15) is 0 Å². The Bertz CT molecular complexity index is 1380. The molecule has 1 fully saturated rings. The van der Waals surface area contributed by atoms with Gasteiger partial charge in [-0.3, -0.25) is 14.7 Å². The summed E-state index contributed by atoms with van der Waals surface area (Å²) in [7, 11) is 4.09. The predicted molar refractivity (Wildman–Crippen MR) is 174 cm³/mol. The number of piperazine rings is 1. The average Bonchev–Trinajstić information content (AvgIpc) is 3.05. The van der Waals surface area contributed by atoms with Crippen LogP contribution in [0.15, 0.2) is 79.3 Å². The van der Waals surface area contributed by atoms with Crippen molar-refractivity contribution in [2.24, 2.45) is 0 Å². The predicted octanol–water partition coefficient (Wildman–Crippen LogP) is 6.67. The van der Waals surface area contributed by atoms with E-state index < -0.39 is 0 Å². The van der Waals surface area contributed by atoms with Crippen molar-refractivity contribution in [2.75, 3.05) is 50.5 Å². The van der Waals surface area contributed by atoms with Crippen molar-refractivity contribution < 1.29 is 4.79 Å². The summed E-state index contributed by atoms with van der Waals surface area (Å²) in [5.41, 5.74) is 6.26. The van der Waals surface area contributed by atoms with Crippen LogP contribution >= 0.6 is 0 Å². The molecule has 1 aliphatic rings. The molecular weight excluding hydrogens is 522 g/mol. The van der Waals surface area contributed by atoms with Gasteiger partial charge in [-0.1, -0.05) is 45.9 Å². The zero-order valence-corrected chi connectivity index (χ0v) is 26.1. The molecular formula is C34H45N7O. The fourth-order valence-electron chi connectivity index (χ4n) is 4.57. The van der Waals surface area contributed by atoms with Crippen molar-refractivity contribution in [1.82, 2.24) is 24.8 Å². The second kappa shape index (κ2) is 16.3. The third-order valence-corrected chi connectivity index (χ3v) is 6.95. The molecule has 1 saturated heterocycles. The Morgan fingerprint density at radius 2 is 1.64 bits per heavy atom. The fourth-order valence-corrected chi connectivity index (χ4v) is 4.57. The molecule has 8 nitrogen and oxygen atoms in total. The molecule has 0 unspecified atom stereocenters. The van der Waals surface area contributed by atoms with Crippen LogP contribution in [0.3, 0.4) is 0 Å². The molecule has 3 heterocycles. The highest BCUT2D eigenvalue weighted by atomic mass is 16.1. The quantitative estimate of drug-likeness (QED) is 0.267. The van der Waals surface area contributed by atoms with Gasteiger partial charge in [-0.15, -0.1) is 0 Å². The minimum Gasteiger partial charge on any atom is -0.322 e. The smallest absolute Gasteiger partial charge is 0.255 e. The standard InChI is InChI=1S/C30H33N7O.2C2H6/c1-22-6-11-26(19-28(22)36(3)30-32-14-12-27(34-30)25-5-4-13-31-20-25)33-29(38)24-9-7-23(8-10-24)21-37-17-15-35(2)16-18-37;2*1-2/h4-14,19-20H,15-18,21H2,1-3H3,(H,33,38);2*1-2H3. The first-order valence-electron chi connectivity index (χ1n) is 14.9. The van der Waals surface area contributed by atoms with E-state index in [1.54, 1.807) is 18.6 Å². The van der Waals surface area contributed by atoms with E-state index in [0.29, 0.717) is 17.2 Å². The summed E-state index contributed by atoms with van der Waals surface area (Å²) >= 11 is 0. The molecule has 0 aliphatic carbocycles. The Morgan fingerprint density at radius 3 is 2.31 bits per heavy atom. The maximum atomic E-state index is 13.0. The first kappa shape index (κ1) is 32.4. The molecule has 0 saturated carbocycles. The molecule has 0 radical (unpaired) electrons. The molecule has 222 valence electrons. The van der Waals surface area contributed by atoms with Crippen molar-refractivity contribution in [3.8, 4) is 11.3 Å². The summed E-state index contributed by atoms with van der Waals surface area (Å²) in [5, 5.41) is 3.04. The van der Waals surface area contributed by atoms with Gasteiger partial charge in [0.25, 0.3) is 5.91 Å². The van der Waals surface area contributed by atoms with E-state index in [1.807, 2.05) is 107 Å². The number of rotatable bonds is 7. The molecule has 8 heteroatoms. The van der Waals surface area contributed by atoms with Gasteiger partial charge in [0.15, 0.2) is 0 Å². The number of carbonyl (C=O) groups is 1. The summed E-state index contributed by atoms with van der Waals surface area (Å²) in [6, 6.07) is 19.5. The first-order chi connectivity index (χ1) is 20.5. The molecule has 0 bridgehead atoms. The average molecular weight is 568 g/mol. The minimum absolute atomic E-state index is 0.136. The number of nitrogens with one attached hydrogen (secondary N) is 1. The lowest BCUT2D eigenvalue weighted by Gasteiger charge is -2.32. The highest BCUT2D eigenvalue weighted by Gasteiger charge is 2.16. The molecule has 1 amide bonds. The Labute approximate surface area is 251 Å². The van der Waals surface area contributed by atoms with Crippen molar-refractivity contribution in [3.63, 3.8) is 0 Å². The van der Waals surface area contributed by atoms with E-state index in [2.05, 4.69) is 32.1 Å². The SMILES string of the molecule is CC.CC.Cc1ccc(NC(=O)c2ccc(CN3CCN(C)CC3)cc2)cc1N(C)c1nccc(-c2cccnc2)n1. The van der Waals surface area contributed by atoms with Crippen LogP contribution in [0.1, 0.15) is 49.2 Å². The first-order valence-corrected chi connectivity index (χ1v) is 14.9. The number of amides is 1. The van der Waals surface area contributed by atoms with Crippen molar-refractivity contribution in [3.05, 3.63) is 95.9 Å². The summed E-state index contributed by atoms with van der Waals surface area (Å²) in [4.78, 5) is 33.1. The van der Waals surface area contributed by atoms with Gasteiger partial charge < -0.3 is 15.1 Å². The number of pyridine rings is 1. The lowest BCUT2D eigenvalue weighted by Crippen LogP contribution is -2.43. The van der Waals surface area contributed by atoms with Crippen LogP contribution in [-0.2, 0) is 6.54 Å². The van der Waals surface area contributed by atoms with Crippen LogP contribution in [0.5, 0.6) is 0 Å². The summed E-state index contributed by atoms with van der Waals surface area (Å²) in [6.07, 6.45) is 5.27. The van der Waals surface area contributed by atoms with Gasteiger partial charge in [0.05, 0.1) is 5.69 Å². The van der Waals surface area contributed by atoms with Gasteiger partial charge in [0, 0.05) is 80.9 Å². The van der Waals surface area contributed by atoms with E-state index in [1.165, 1.54) is 5.56 Å². The highest BCUT2D eigenvalue weighted by molar-refractivity contribution is 6.04. The Kier molecular flexibility index (Phi) is 12.6. The second-order valence-corrected chi connectivity index (χ2v) is 9.77. The van der Waals surface area contributed by atoms with Crippen LogP contribution in [0, 0.1) is 6.92 Å². The molecule has 0 atom stereocenters. The summed E-state index contributed by atoms with van der Waals surface area (Å²) in [6.45, 7) is 15.3. The van der Waals surface area contributed by atoms with Crippen LogP contribution in [0.4, 0.5) is 17.3 Å². The molecule has 1 aliphatic heterocycles. The monoisotopic (exact) mass is 567 g/mol. The van der Waals surface area contributed by atoms with E-state index in [9.17, 15) is 4.79 Å². The lowest BCUT2D eigenvalue weighted by atomic mass is 10.1. The zero-order valence-electron chi connectivity index (χ0n) is 26.1. The van der Waals surface area contributed by atoms with Crippen molar-refractivity contribution in [1.29, 1.82) is 0 Å². The maximum absolute atomic E-state index is 13.0. The summed E-state index contributed by atoms with van der Waals surface area (Å²) in [5.74, 6) is 0.428. The van der Waals surface area contributed by atoms with Gasteiger partial charge in [-0.05, 0) is 67.6 Å². The molecule has 5 rings (SSSR count). The second-order valence-electron chi connectivity index (χ2n) is 9.77. The molecule has 4 aromatic rings. The highest BCUT2D eigenvalue weighted by Crippen LogP contribution is 2.29. The Balaban J connectivity index is 0.00000116. The lowest BCUT2D eigenvalue weighted by molar-refractivity contribution is 0.102.